The van der Waals surface area contributed by atoms with Crippen LogP contribution in [-0.2, 0) is 0 Å². The van der Waals surface area contributed by atoms with Gasteiger partial charge in [0.2, 0.25) is 0 Å². The molecule has 0 aromatic heterocycles. The number of aliphatic imine (C=N–C) groups is 1. The fraction of sp³-hybridized carbons (Fsp3) is 0.750. The van der Waals surface area contributed by atoms with E-state index < -0.39 is 6.17 Å². The van der Waals surface area contributed by atoms with Crippen LogP contribution in [0.1, 0.15) is 6.42 Å². The van der Waals surface area contributed by atoms with Gasteiger partial charge in [0, 0.05) is 6.42 Å². The van der Waals surface area contributed by atoms with E-state index in [0.717, 1.165) is 0 Å². The molecule has 0 amide bonds. The lowest BCUT2D eigenvalue weighted by molar-refractivity contribution is 0.468. The molecule has 0 aromatic rings. The zero-order chi connectivity index (χ0) is 6.15. The number of hydrogen-bond acceptors (Lipinski definition) is 1. The van der Waals surface area contributed by atoms with E-state index in [0.29, 0.717) is 6.42 Å². The van der Waals surface area contributed by atoms with Crippen molar-refractivity contribution in [2.24, 2.45) is 16.5 Å². The Kier molecular flexibility index (Phi) is 1.08. The van der Waals surface area contributed by atoms with E-state index in [-0.39, 0.29) is 12.0 Å². The normalized spacial score (nSPS) is 34.1. The Bertz CT molecular complexity index is 118. The Morgan fingerprint density at radius 2 is 2.12 bits per heavy atom. The van der Waals surface area contributed by atoms with Gasteiger partial charge >= 0.3 is 0 Å². The summed E-state index contributed by atoms with van der Waals surface area (Å²) in [7, 11) is 0. The molecule has 1 aliphatic rings. The van der Waals surface area contributed by atoms with Gasteiger partial charge in [-0.05, 0) is 0 Å². The largest absolute Gasteiger partial charge is 0.370 e. The second-order valence-electron chi connectivity index (χ2n) is 1.87. The molecule has 0 aliphatic heterocycles. The number of nitrogens with two attached hydrogens (primary N) is 2. The standard InChI is InChI=1S/C4H8FN3/c5-2-1-3(2)8-4(6)7/h2-3H,1H2,(H4,6,7,8). The van der Waals surface area contributed by atoms with Crippen LogP contribution in [0.5, 0.6) is 0 Å². The van der Waals surface area contributed by atoms with E-state index in [1.165, 1.54) is 0 Å². The Hall–Kier alpha value is -0.800. The van der Waals surface area contributed by atoms with Crippen molar-refractivity contribution in [1.29, 1.82) is 0 Å². The van der Waals surface area contributed by atoms with Crippen molar-refractivity contribution in [2.75, 3.05) is 0 Å². The second-order valence-corrected chi connectivity index (χ2v) is 1.87. The predicted molar refractivity (Wildman–Crippen MR) is 29.1 cm³/mol. The van der Waals surface area contributed by atoms with Crippen LogP contribution < -0.4 is 11.5 Å². The first-order valence-corrected chi connectivity index (χ1v) is 2.43. The highest BCUT2D eigenvalue weighted by molar-refractivity contribution is 5.76. The molecule has 0 heterocycles. The molecule has 4 N–H and O–H groups in total. The van der Waals surface area contributed by atoms with Gasteiger partial charge in [-0.2, -0.15) is 0 Å². The van der Waals surface area contributed by atoms with Gasteiger partial charge in [0.25, 0.3) is 0 Å². The third-order valence-electron chi connectivity index (χ3n) is 0.996. The Morgan fingerprint density at radius 3 is 2.25 bits per heavy atom. The maximum absolute atomic E-state index is 11.9. The lowest BCUT2D eigenvalue weighted by Crippen LogP contribution is -2.23. The molecule has 2 unspecified atom stereocenters. The monoisotopic (exact) mass is 117 g/mol. The molecular weight excluding hydrogens is 109 g/mol. The van der Waals surface area contributed by atoms with Crippen LogP contribution >= 0.6 is 0 Å². The number of nitrogens with zero attached hydrogens (tertiary/aromatic N) is 1. The summed E-state index contributed by atoms with van der Waals surface area (Å²) < 4.78 is 11.9. The minimum absolute atomic E-state index is 0.0184. The molecule has 46 valence electrons. The molecule has 0 saturated heterocycles. The van der Waals surface area contributed by atoms with Crippen LogP contribution in [-0.4, -0.2) is 18.2 Å². The van der Waals surface area contributed by atoms with Crippen LogP contribution in [0.4, 0.5) is 4.39 Å². The van der Waals surface area contributed by atoms with Crippen molar-refractivity contribution >= 4 is 5.96 Å². The van der Waals surface area contributed by atoms with E-state index in [2.05, 4.69) is 4.99 Å². The minimum atomic E-state index is -0.794. The summed E-state index contributed by atoms with van der Waals surface area (Å²) in [5.74, 6) is -0.0184. The minimum Gasteiger partial charge on any atom is -0.370 e. The lowest BCUT2D eigenvalue weighted by atomic mass is 10.7. The average Bonchev–Trinajstić information content (AvgIpc) is 2.17. The number of rotatable bonds is 1. The zero-order valence-electron chi connectivity index (χ0n) is 4.34. The summed E-state index contributed by atoms with van der Waals surface area (Å²) in [6, 6.07) is -0.236. The van der Waals surface area contributed by atoms with Gasteiger partial charge < -0.3 is 11.5 Å². The molecule has 4 heteroatoms. The van der Waals surface area contributed by atoms with Crippen molar-refractivity contribution in [3.63, 3.8) is 0 Å². The summed E-state index contributed by atoms with van der Waals surface area (Å²) in [6.45, 7) is 0. The molecule has 0 aromatic carbocycles. The van der Waals surface area contributed by atoms with Gasteiger partial charge in [0.1, 0.15) is 6.17 Å². The van der Waals surface area contributed by atoms with Crippen molar-refractivity contribution in [3.05, 3.63) is 0 Å². The van der Waals surface area contributed by atoms with Crippen LogP contribution in [0, 0.1) is 0 Å². The molecule has 8 heavy (non-hydrogen) atoms. The summed E-state index contributed by atoms with van der Waals surface area (Å²) in [4.78, 5) is 3.57. The van der Waals surface area contributed by atoms with Crippen LogP contribution in [0.3, 0.4) is 0 Å². The third-order valence-corrected chi connectivity index (χ3v) is 0.996. The first-order valence-electron chi connectivity index (χ1n) is 2.43. The number of guanidine groups is 1. The lowest BCUT2D eigenvalue weighted by Gasteiger charge is -1.85. The molecule has 0 spiro atoms. The first kappa shape index (κ1) is 5.34. The molecule has 1 rings (SSSR count). The van der Waals surface area contributed by atoms with E-state index in [4.69, 9.17) is 11.5 Å². The number of hydrogen-bond donors (Lipinski definition) is 2. The van der Waals surface area contributed by atoms with Crippen LogP contribution in [0.2, 0.25) is 0 Å². The van der Waals surface area contributed by atoms with E-state index in [1.54, 1.807) is 0 Å². The third kappa shape index (κ3) is 1.08. The predicted octanol–water partition coefficient (Wildman–Crippen LogP) is -0.630. The zero-order valence-corrected chi connectivity index (χ0v) is 4.34. The molecule has 0 bridgehead atoms. The second kappa shape index (κ2) is 1.61. The Balaban J connectivity index is 2.32. The highest BCUT2D eigenvalue weighted by Crippen LogP contribution is 2.28. The Morgan fingerprint density at radius 1 is 1.62 bits per heavy atom. The average molecular weight is 117 g/mol. The van der Waals surface area contributed by atoms with E-state index in [9.17, 15) is 4.39 Å². The topological polar surface area (TPSA) is 64.4 Å². The first-order chi connectivity index (χ1) is 3.70. The number of halogens is 1. The SMILES string of the molecule is NC(N)=NC1CC1F. The fourth-order valence-corrected chi connectivity index (χ4v) is 0.477. The molecule has 1 aliphatic carbocycles. The Labute approximate surface area is 46.6 Å². The highest BCUT2D eigenvalue weighted by atomic mass is 19.1. The van der Waals surface area contributed by atoms with Gasteiger partial charge in [-0.3, -0.25) is 0 Å². The van der Waals surface area contributed by atoms with Gasteiger partial charge in [-0.25, -0.2) is 9.38 Å². The maximum Gasteiger partial charge on any atom is 0.186 e. The van der Waals surface area contributed by atoms with Gasteiger partial charge in [-0.15, -0.1) is 0 Å². The molecule has 0 radical (unpaired) electrons. The summed E-state index contributed by atoms with van der Waals surface area (Å²) in [6.07, 6.45) is -0.310. The summed E-state index contributed by atoms with van der Waals surface area (Å²) in [5.41, 5.74) is 9.91. The molecular formula is C4H8FN3. The van der Waals surface area contributed by atoms with Crippen molar-refractivity contribution in [3.8, 4) is 0 Å². The van der Waals surface area contributed by atoms with Crippen molar-refractivity contribution < 1.29 is 4.39 Å². The quantitative estimate of drug-likeness (QED) is 0.355. The van der Waals surface area contributed by atoms with Gasteiger partial charge in [0.15, 0.2) is 5.96 Å². The fourth-order valence-electron chi connectivity index (χ4n) is 0.477. The summed E-state index contributed by atoms with van der Waals surface area (Å²) >= 11 is 0. The van der Waals surface area contributed by atoms with E-state index >= 15 is 0 Å². The highest BCUT2D eigenvalue weighted by Gasteiger charge is 2.37. The molecule has 1 saturated carbocycles. The molecule has 2 atom stereocenters. The molecule has 1 fully saturated rings. The van der Waals surface area contributed by atoms with Gasteiger partial charge in [-0.1, -0.05) is 0 Å². The van der Waals surface area contributed by atoms with Crippen molar-refractivity contribution in [2.45, 2.75) is 18.6 Å². The molecule has 3 nitrogen and oxygen atoms in total. The van der Waals surface area contributed by atoms with Crippen LogP contribution in [0.15, 0.2) is 4.99 Å². The van der Waals surface area contributed by atoms with Crippen LogP contribution in [0.25, 0.3) is 0 Å². The summed E-state index contributed by atoms with van der Waals surface area (Å²) in [5, 5.41) is 0. The number of alkyl halides is 1. The maximum atomic E-state index is 11.9. The van der Waals surface area contributed by atoms with Gasteiger partial charge in [0.05, 0.1) is 6.04 Å². The smallest absolute Gasteiger partial charge is 0.186 e. The van der Waals surface area contributed by atoms with E-state index in [1.807, 2.05) is 0 Å². The van der Waals surface area contributed by atoms with Crippen molar-refractivity contribution in [1.82, 2.24) is 0 Å².